The maximum Gasteiger partial charge on any atom is 0.253 e. The first-order valence-electron chi connectivity index (χ1n) is 15.1. The Morgan fingerprint density at radius 2 is 1.73 bits per heavy atom. The summed E-state index contributed by atoms with van der Waals surface area (Å²) in [5.74, 6) is 2.16. The lowest BCUT2D eigenvalue weighted by Crippen LogP contribution is -2.49. The Hall–Kier alpha value is -3.94. The molecule has 2 aromatic carbocycles. The van der Waals surface area contributed by atoms with E-state index < -0.39 is 0 Å². The van der Waals surface area contributed by atoms with Crippen molar-refractivity contribution >= 4 is 28.8 Å². The SMILES string of the molecule is CCCCC(CC)CNc1nc(N2CCN(C(=O)c3cccc(C)c3)CC2)nc2c1ncn2Cc1cccc(C)c1. The van der Waals surface area contributed by atoms with Crippen molar-refractivity contribution < 1.29 is 4.79 Å². The van der Waals surface area contributed by atoms with Crippen LogP contribution in [-0.4, -0.2) is 63.0 Å². The lowest BCUT2D eigenvalue weighted by atomic mass is 9.99. The number of piperazine rings is 1. The Labute approximate surface area is 243 Å². The number of aryl methyl sites for hydroxylation is 2. The van der Waals surface area contributed by atoms with Gasteiger partial charge in [0, 0.05) is 38.3 Å². The molecule has 1 unspecified atom stereocenters. The fourth-order valence-corrected chi connectivity index (χ4v) is 5.57. The van der Waals surface area contributed by atoms with Gasteiger partial charge in [0.05, 0.1) is 12.9 Å². The fraction of sp³-hybridized carbons (Fsp3) is 0.455. The summed E-state index contributed by atoms with van der Waals surface area (Å²) in [5, 5.41) is 3.65. The second-order valence-electron chi connectivity index (χ2n) is 11.4. The van der Waals surface area contributed by atoms with Gasteiger partial charge in [0.2, 0.25) is 5.95 Å². The van der Waals surface area contributed by atoms with Gasteiger partial charge in [-0.05, 0) is 43.9 Å². The third-order valence-electron chi connectivity index (χ3n) is 8.10. The zero-order chi connectivity index (χ0) is 28.8. The molecule has 2 aromatic heterocycles. The van der Waals surface area contributed by atoms with Gasteiger partial charge in [-0.25, -0.2) is 4.98 Å². The number of carbonyl (C=O) groups excluding carboxylic acids is 1. The average molecular weight is 554 g/mol. The van der Waals surface area contributed by atoms with Crippen LogP contribution in [0.25, 0.3) is 11.2 Å². The predicted octanol–water partition coefficient (Wildman–Crippen LogP) is 6.08. The fourth-order valence-electron chi connectivity index (χ4n) is 5.57. The average Bonchev–Trinajstić information content (AvgIpc) is 3.39. The van der Waals surface area contributed by atoms with Gasteiger partial charge >= 0.3 is 0 Å². The number of unbranched alkanes of at least 4 members (excludes halogenated alkanes) is 1. The minimum Gasteiger partial charge on any atom is -0.368 e. The largest absolute Gasteiger partial charge is 0.368 e. The third-order valence-corrected chi connectivity index (χ3v) is 8.10. The van der Waals surface area contributed by atoms with E-state index in [4.69, 9.17) is 15.0 Å². The first-order valence-corrected chi connectivity index (χ1v) is 15.1. The van der Waals surface area contributed by atoms with Crippen molar-refractivity contribution in [2.45, 2.75) is 59.9 Å². The van der Waals surface area contributed by atoms with Crippen LogP contribution in [0, 0.1) is 19.8 Å². The summed E-state index contributed by atoms with van der Waals surface area (Å²) in [6, 6.07) is 16.4. The van der Waals surface area contributed by atoms with Gasteiger partial charge < -0.3 is 19.7 Å². The minimum atomic E-state index is 0.0843. The number of nitrogens with one attached hydrogen (secondary N) is 1. The molecule has 1 fully saturated rings. The number of aromatic nitrogens is 4. The third kappa shape index (κ3) is 6.87. The number of hydrogen-bond donors (Lipinski definition) is 1. The molecule has 3 heterocycles. The van der Waals surface area contributed by atoms with Gasteiger partial charge in [-0.2, -0.15) is 9.97 Å². The number of benzene rings is 2. The van der Waals surface area contributed by atoms with Gasteiger partial charge in [0.25, 0.3) is 5.91 Å². The molecule has 5 rings (SSSR count). The quantitative estimate of drug-likeness (QED) is 0.242. The number of carbonyl (C=O) groups is 1. The molecule has 0 spiro atoms. The Morgan fingerprint density at radius 3 is 2.44 bits per heavy atom. The first kappa shape index (κ1) is 28.6. The van der Waals surface area contributed by atoms with Gasteiger partial charge in [0.1, 0.15) is 0 Å². The van der Waals surface area contributed by atoms with Crippen molar-refractivity contribution in [1.29, 1.82) is 0 Å². The van der Waals surface area contributed by atoms with E-state index in [1.807, 2.05) is 42.4 Å². The lowest BCUT2D eigenvalue weighted by molar-refractivity contribution is 0.0746. The Bertz CT molecular complexity index is 1470. The van der Waals surface area contributed by atoms with Crippen molar-refractivity contribution in [3.8, 4) is 0 Å². The molecule has 4 aromatic rings. The number of hydrogen-bond acceptors (Lipinski definition) is 6. The molecule has 1 amide bonds. The van der Waals surface area contributed by atoms with Crippen molar-refractivity contribution in [2.75, 3.05) is 42.9 Å². The lowest BCUT2D eigenvalue weighted by Gasteiger charge is -2.35. The maximum atomic E-state index is 13.1. The van der Waals surface area contributed by atoms with Crippen LogP contribution in [0.15, 0.2) is 54.9 Å². The summed E-state index contributed by atoms with van der Waals surface area (Å²) in [4.78, 5) is 32.1. The van der Waals surface area contributed by atoms with Crippen molar-refractivity contribution in [1.82, 2.24) is 24.4 Å². The second-order valence-corrected chi connectivity index (χ2v) is 11.4. The van der Waals surface area contributed by atoms with Crippen LogP contribution < -0.4 is 10.2 Å². The van der Waals surface area contributed by atoms with Crippen molar-refractivity contribution in [3.63, 3.8) is 0 Å². The highest BCUT2D eigenvalue weighted by Gasteiger charge is 2.25. The summed E-state index contributed by atoms with van der Waals surface area (Å²) < 4.78 is 2.12. The molecule has 0 bridgehead atoms. The van der Waals surface area contributed by atoms with Crippen LogP contribution in [0.3, 0.4) is 0 Å². The second kappa shape index (κ2) is 13.1. The molecule has 0 aliphatic carbocycles. The van der Waals surface area contributed by atoms with E-state index in [0.29, 0.717) is 44.6 Å². The highest BCUT2D eigenvalue weighted by molar-refractivity contribution is 5.94. The summed E-state index contributed by atoms with van der Waals surface area (Å²) in [6.45, 7) is 12.8. The molecule has 1 aliphatic heterocycles. The monoisotopic (exact) mass is 553 g/mol. The Balaban J connectivity index is 1.39. The smallest absolute Gasteiger partial charge is 0.253 e. The van der Waals surface area contributed by atoms with E-state index in [0.717, 1.165) is 41.1 Å². The van der Waals surface area contributed by atoms with E-state index >= 15 is 0 Å². The van der Waals surface area contributed by atoms with Crippen LogP contribution in [0.4, 0.5) is 11.8 Å². The maximum absolute atomic E-state index is 13.1. The van der Waals surface area contributed by atoms with Crippen molar-refractivity contribution in [2.24, 2.45) is 5.92 Å². The molecular formula is C33H43N7O. The zero-order valence-corrected chi connectivity index (χ0v) is 24.9. The number of anilines is 2. The summed E-state index contributed by atoms with van der Waals surface area (Å²) in [5.41, 5.74) is 5.93. The number of imidazole rings is 1. The highest BCUT2D eigenvalue weighted by Crippen LogP contribution is 2.26. The van der Waals surface area contributed by atoms with Gasteiger partial charge in [-0.15, -0.1) is 0 Å². The van der Waals surface area contributed by atoms with E-state index in [1.54, 1.807) is 0 Å². The van der Waals surface area contributed by atoms with Gasteiger partial charge in [0.15, 0.2) is 17.0 Å². The topological polar surface area (TPSA) is 79.2 Å². The van der Waals surface area contributed by atoms with Crippen LogP contribution in [0.5, 0.6) is 0 Å². The number of fused-ring (bicyclic) bond motifs is 1. The summed E-state index contributed by atoms with van der Waals surface area (Å²) in [6.07, 6.45) is 6.66. The molecule has 1 N–H and O–H groups in total. The van der Waals surface area contributed by atoms with Crippen LogP contribution in [0.1, 0.15) is 66.6 Å². The molecule has 41 heavy (non-hydrogen) atoms. The van der Waals surface area contributed by atoms with Gasteiger partial charge in [-0.1, -0.05) is 80.6 Å². The number of nitrogens with zero attached hydrogens (tertiary/aromatic N) is 6. The van der Waals surface area contributed by atoms with E-state index in [2.05, 4.69) is 59.8 Å². The minimum absolute atomic E-state index is 0.0843. The van der Waals surface area contributed by atoms with Crippen LogP contribution in [-0.2, 0) is 6.54 Å². The molecule has 0 saturated carbocycles. The highest BCUT2D eigenvalue weighted by atomic mass is 16.2. The zero-order valence-electron chi connectivity index (χ0n) is 24.9. The van der Waals surface area contributed by atoms with Crippen LogP contribution >= 0.6 is 0 Å². The predicted molar refractivity (Wildman–Crippen MR) is 167 cm³/mol. The number of rotatable bonds is 11. The van der Waals surface area contributed by atoms with Crippen molar-refractivity contribution in [3.05, 3.63) is 77.1 Å². The Kier molecular flexibility index (Phi) is 9.17. The molecule has 1 atom stereocenters. The first-order chi connectivity index (χ1) is 19.9. The molecule has 8 nitrogen and oxygen atoms in total. The number of amides is 1. The normalized spacial score (nSPS) is 14.4. The standard InChI is InChI=1S/C33H43N7O/c1-5-7-12-26(6-2)21-34-30-29-31(40(23-35-29)22-27-13-8-10-24(3)19-27)37-33(36-30)39-17-15-38(16-18-39)32(41)28-14-9-11-25(4)20-28/h8-11,13-14,19-20,23,26H,5-7,12,15-18,21-22H2,1-4H3,(H,34,36,37). The van der Waals surface area contributed by atoms with E-state index in [-0.39, 0.29) is 5.91 Å². The summed E-state index contributed by atoms with van der Waals surface area (Å²) >= 11 is 0. The Morgan fingerprint density at radius 1 is 0.976 bits per heavy atom. The van der Waals surface area contributed by atoms with E-state index in [9.17, 15) is 4.79 Å². The molecular weight excluding hydrogens is 510 g/mol. The van der Waals surface area contributed by atoms with E-state index in [1.165, 1.54) is 30.4 Å². The molecule has 216 valence electrons. The molecule has 8 heteroatoms. The van der Waals surface area contributed by atoms with Gasteiger partial charge in [-0.3, -0.25) is 4.79 Å². The molecule has 0 radical (unpaired) electrons. The van der Waals surface area contributed by atoms with Crippen LogP contribution in [0.2, 0.25) is 0 Å². The molecule has 1 saturated heterocycles. The summed E-state index contributed by atoms with van der Waals surface area (Å²) in [7, 11) is 0. The molecule has 1 aliphatic rings.